The second kappa shape index (κ2) is 10.0. The molecule has 7 nitrogen and oxygen atoms in total. The van der Waals surface area contributed by atoms with Gasteiger partial charge >= 0.3 is 12.0 Å². The Morgan fingerprint density at radius 1 is 1.11 bits per heavy atom. The summed E-state index contributed by atoms with van der Waals surface area (Å²) >= 11 is 0. The maximum Gasteiger partial charge on any atom is 0.331 e. The van der Waals surface area contributed by atoms with Gasteiger partial charge in [0.2, 0.25) is 0 Å². The molecule has 1 unspecified atom stereocenters. The topological polar surface area (TPSA) is 90.9 Å². The molecule has 2 amide bonds. The van der Waals surface area contributed by atoms with Crippen LogP contribution in [-0.4, -0.2) is 66.4 Å². The average molecular weight is 488 g/mol. The van der Waals surface area contributed by atoms with Gasteiger partial charge in [-0.3, -0.25) is 0 Å². The van der Waals surface area contributed by atoms with Crippen molar-refractivity contribution in [2.75, 3.05) is 32.8 Å². The number of hydrogen-bond acceptors (Lipinski definition) is 5. The van der Waals surface area contributed by atoms with Crippen LogP contribution in [-0.2, 0) is 9.53 Å². The first-order valence-corrected chi connectivity index (χ1v) is 14.1. The lowest BCUT2D eigenvalue weighted by atomic mass is 9.50. The lowest BCUT2D eigenvalue weighted by Gasteiger charge is -2.56. The number of piperazine rings is 1. The summed E-state index contributed by atoms with van der Waals surface area (Å²) in [6.07, 6.45) is 12.5. The van der Waals surface area contributed by atoms with E-state index in [0.29, 0.717) is 24.4 Å². The van der Waals surface area contributed by atoms with Gasteiger partial charge in [0.15, 0.2) is 0 Å². The average Bonchev–Trinajstić information content (AvgIpc) is 3.28. The van der Waals surface area contributed by atoms with Crippen molar-refractivity contribution in [3.8, 4) is 0 Å². The number of amides is 2. The van der Waals surface area contributed by atoms with E-state index in [4.69, 9.17) is 4.74 Å². The maximum absolute atomic E-state index is 12.8. The molecule has 7 heteroatoms. The molecule has 0 aromatic heterocycles. The number of hydrogen-bond donors (Lipinski definition) is 3. The molecule has 4 fully saturated rings. The van der Waals surface area contributed by atoms with Gasteiger partial charge in [-0.1, -0.05) is 19.8 Å². The highest BCUT2D eigenvalue weighted by Gasteiger charge is 2.51. The van der Waals surface area contributed by atoms with E-state index >= 15 is 0 Å². The standard InChI is InChI=1S/C28H45N3O4/c1-27-10-8-22(30-26(33)31-14-12-29-13-15-31)17-21(27)7-6-19-4-3-5-24(20-16-25(32)35-18-20)28(2,34)11-9-23(19)27/h16,19,21-24,29,34H,3-15,17-18H2,1-2H3,(H,30,33)/t19-,21-,22?,23+,24-,27+,28-/m1/s1. The molecule has 3 saturated carbocycles. The van der Waals surface area contributed by atoms with Crippen molar-refractivity contribution in [1.29, 1.82) is 0 Å². The van der Waals surface area contributed by atoms with Crippen LogP contribution in [0.1, 0.15) is 78.1 Å². The van der Waals surface area contributed by atoms with Crippen molar-refractivity contribution in [3.05, 3.63) is 11.6 Å². The zero-order valence-corrected chi connectivity index (χ0v) is 21.7. The van der Waals surface area contributed by atoms with E-state index in [1.54, 1.807) is 6.08 Å². The Morgan fingerprint density at radius 3 is 2.66 bits per heavy atom. The molecule has 7 atom stereocenters. The monoisotopic (exact) mass is 487 g/mol. The Hall–Kier alpha value is -1.60. The molecule has 2 heterocycles. The van der Waals surface area contributed by atoms with E-state index in [1.165, 1.54) is 19.3 Å². The number of carbonyl (C=O) groups is 2. The molecular weight excluding hydrogens is 442 g/mol. The normalized spacial score (nSPS) is 42.5. The predicted molar refractivity (Wildman–Crippen MR) is 135 cm³/mol. The second-order valence-electron chi connectivity index (χ2n) is 12.5. The van der Waals surface area contributed by atoms with Crippen molar-refractivity contribution >= 4 is 12.0 Å². The molecule has 0 aromatic rings. The Labute approximate surface area is 210 Å². The van der Waals surface area contributed by atoms with Gasteiger partial charge in [-0.25, -0.2) is 9.59 Å². The minimum atomic E-state index is -0.813. The largest absolute Gasteiger partial charge is 0.458 e. The van der Waals surface area contributed by atoms with Crippen LogP contribution in [0.3, 0.4) is 0 Å². The first kappa shape index (κ1) is 25.1. The quantitative estimate of drug-likeness (QED) is 0.518. The number of fused-ring (bicyclic) bond motifs is 3. The van der Waals surface area contributed by atoms with Gasteiger partial charge in [0.1, 0.15) is 6.61 Å². The summed E-state index contributed by atoms with van der Waals surface area (Å²) in [7, 11) is 0. The molecule has 0 radical (unpaired) electrons. The third kappa shape index (κ3) is 5.13. The van der Waals surface area contributed by atoms with Gasteiger partial charge in [0.05, 0.1) is 5.60 Å². The van der Waals surface area contributed by atoms with Crippen molar-refractivity contribution in [2.45, 2.75) is 89.7 Å². The predicted octanol–water partition coefficient (Wildman–Crippen LogP) is 3.62. The minimum Gasteiger partial charge on any atom is -0.458 e. The summed E-state index contributed by atoms with van der Waals surface area (Å²) in [5.41, 5.74) is 0.447. The van der Waals surface area contributed by atoms with Gasteiger partial charge in [0.25, 0.3) is 0 Å². The van der Waals surface area contributed by atoms with Gasteiger partial charge in [-0.05, 0) is 87.0 Å². The van der Waals surface area contributed by atoms with E-state index in [9.17, 15) is 14.7 Å². The molecule has 0 aromatic carbocycles. The van der Waals surface area contributed by atoms with Crippen LogP contribution in [0.4, 0.5) is 4.79 Å². The molecule has 3 aliphatic carbocycles. The fourth-order valence-electron chi connectivity index (χ4n) is 8.38. The molecule has 5 aliphatic rings. The van der Waals surface area contributed by atoms with Gasteiger partial charge < -0.3 is 25.4 Å². The molecule has 35 heavy (non-hydrogen) atoms. The second-order valence-corrected chi connectivity index (χ2v) is 12.5. The van der Waals surface area contributed by atoms with E-state index in [-0.39, 0.29) is 29.4 Å². The number of rotatable bonds is 2. The summed E-state index contributed by atoms with van der Waals surface area (Å²) in [6.45, 7) is 8.18. The van der Waals surface area contributed by atoms with Crippen molar-refractivity contribution in [2.24, 2.45) is 29.1 Å². The molecule has 1 saturated heterocycles. The van der Waals surface area contributed by atoms with Crippen molar-refractivity contribution in [1.82, 2.24) is 15.5 Å². The van der Waals surface area contributed by atoms with Crippen LogP contribution in [0.25, 0.3) is 0 Å². The highest BCUT2D eigenvalue weighted by molar-refractivity contribution is 5.85. The summed E-state index contributed by atoms with van der Waals surface area (Å²) in [5.74, 6) is 1.71. The number of urea groups is 1. The lowest BCUT2D eigenvalue weighted by molar-refractivity contribution is -0.135. The number of nitrogens with one attached hydrogen (secondary N) is 2. The van der Waals surface area contributed by atoms with Crippen LogP contribution in [0.5, 0.6) is 0 Å². The Kier molecular flexibility index (Phi) is 7.19. The number of cyclic esters (lactones) is 1. The van der Waals surface area contributed by atoms with Crippen LogP contribution < -0.4 is 10.6 Å². The minimum absolute atomic E-state index is 0.00800. The van der Waals surface area contributed by atoms with Crippen LogP contribution in [0, 0.1) is 29.1 Å². The molecule has 3 N–H and O–H groups in total. The zero-order chi connectivity index (χ0) is 24.6. The van der Waals surface area contributed by atoms with E-state index in [1.807, 2.05) is 11.8 Å². The van der Waals surface area contributed by atoms with E-state index in [2.05, 4.69) is 17.6 Å². The highest BCUT2D eigenvalue weighted by Crippen LogP contribution is 2.58. The van der Waals surface area contributed by atoms with Crippen LogP contribution >= 0.6 is 0 Å². The molecule has 0 spiro atoms. The van der Waals surface area contributed by atoms with E-state index in [0.717, 1.165) is 76.7 Å². The number of ether oxygens (including phenoxy) is 1. The molecule has 0 bridgehead atoms. The van der Waals surface area contributed by atoms with Gasteiger partial charge in [-0.2, -0.15) is 0 Å². The molecular formula is C28H45N3O4. The number of carbonyl (C=O) groups excluding carboxylic acids is 2. The van der Waals surface area contributed by atoms with Crippen molar-refractivity contribution < 1.29 is 19.4 Å². The first-order chi connectivity index (χ1) is 16.8. The van der Waals surface area contributed by atoms with Crippen molar-refractivity contribution in [3.63, 3.8) is 0 Å². The van der Waals surface area contributed by atoms with Crippen LogP contribution in [0.2, 0.25) is 0 Å². The van der Waals surface area contributed by atoms with E-state index < -0.39 is 5.60 Å². The Balaban J connectivity index is 1.25. The third-order valence-electron chi connectivity index (χ3n) is 10.5. The van der Waals surface area contributed by atoms with Crippen LogP contribution in [0.15, 0.2) is 11.6 Å². The highest BCUT2D eigenvalue weighted by atomic mass is 16.5. The zero-order valence-electron chi connectivity index (χ0n) is 21.7. The Morgan fingerprint density at radius 2 is 1.91 bits per heavy atom. The molecule has 2 aliphatic heterocycles. The van der Waals surface area contributed by atoms with Gasteiger partial charge in [0, 0.05) is 44.2 Å². The number of esters is 1. The maximum atomic E-state index is 12.8. The number of nitrogens with zero attached hydrogens (tertiary/aromatic N) is 1. The molecule has 5 rings (SSSR count). The lowest BCUT2D eigenvalue weighted by Crippen LogP contribution is -2.55. The smallest absolute Gasteiger partial charge is 0.331 e. The SMILES string of the molecule is C[C@]12CCC(NC(=O)N3CCNCC3)C[C@H]1CC[C@H]1CCC[C@H](C3=CC(=O)OC3)[C@](C)(O)CC[C@@H]12. The number of aliphatic hydroxyl groups is 1. The summed E-state index contributed by atoms with van der Waals surface area (Å²) < 4.78 is 5.19. The summed E-state index contributed by atoms with van der Waals surface area (Å²) in [6, 6.07) is 0.393. The summed E-state index contributed by atoms with van der Waals surface area (Å²) in [5, 5.41) is 18.3. The van der Waals surface area contributed by atoms with Gasteiger partial charge in [-0.15, -0.1) is 0 Å². The Bertz CT molecular complexity index is 836. The fraction of sp³-hybridized carbons (Fsp3) is 0.857. The first-order valence-electron chi connectivity index (χ1n) is 14.1. The third-order valence-corrected chi connectivity index (χ3v) is 10.5. The molecule has 196 valence electrons. The summed E-state index contributed by atoms with van der Waals surface area (Å²) in [4.78, 5) is 26.5. The fourth-order valence-corrected chi connectivity index (χ4v) is 8.38.